The molecule has 2 N–H and O–H groups in total. The SMILES string of the molecule is Cc1[nH]c(-c2ccccc2)c(-c2ccccc2)c1C(=O)c1cn(-c2ccccc2)nc1C(=O)Nc1ccccc1. The largest absolute Gasteiger partial charge is 0.357 e. The van der Waals surface area contributed by atoms with Gasteiger partial charge in [-0.3, -0.25) is 9.59 Å². The fourth-order valence-corrected chi connectivity index (χ4v) is 4.89. The van der Waals surface area contributed by atoms with Crippen molar-refractivity contribution in [3.8, 4) is 28.1 Å². The number of hydrogen-bond acceptors (Lipinski definition) is 3. The molecule has 2 heterocycles. The summed E-state index contributed by atoms with van der Waals surface area (Å²) in [6, 6.07) is 38.3. The number of benzene rings is 4. The number of hydrogen-bond donors (Lipinski definition) is 2. The van der Waals surface area contributed by atoms with Crippen LogP contribution in [0.4, 0.5) is 5.69 Å². The van der Waals surface area contributed by atoms with Gasteiger partial charge in [0.25, 0.3) is 5.91 Å². The molecule has 4 aromatic carbocycles. The number of aryl methyl sites for hydroxylation is 1. The van der Waals surface area contributed by atoms with Crippen LogP contribution in [0.25, 0.3) is 28.1 Å². The highest BCUT2D eigenvalue weighted by molar-refractivity contribution is 6.20. The normalized spacial score (nSPS) is 10.8. The van der Waals surface area contributed by atoms with E-state index in [1.807, 2.05) is 116 Å². The van der Waals surface area contributed by atoms with Crippen LogP contribution in [0, 0.1) is 6.92 Å². The summed E-state index contributed by atoms with van der Waals surface area (Å²) in [4.78, 5) is 31.5. The fraction of sp³-hybridized carbons (Fsp3) is 0.0294. The highest BCUT2D eigenvalue weighted by atomic mass is 16.2. The minimum atomic E-state index is -0.457. The summed E-state index contributed by atoms with van der Waals surface area (Å²) in [5.74, 6) is -0.739. The van der Waals surface area contributed by atoms with E-state index in [0.717, 1.165) is 28.1 Å². The number of amides is 1. The standard InChI is InChI=1S/C34H26N4O2/c1-23-29(30(24-14-6-2-7-15-24)31(35-23)25-16-8-3-9-17-25)33(39)28-22-38(27-20-12-5-13-21-27)37-32(28)34(40)36-26-18-10-4-11-19-26/h2-22,35H,1H3,(H,36,40). The Labute approximate surface area is 232 Å². The highest BCUT2D eigenvalue weighted by Gasteiger charge is 2.29. The van der Waals surface area contributed by atoms with Gasteiger partial charge in [-0.1, -0.05) is 97.1 Å². The van der Waals surface area contributed by atoms with Gasteiger partial charge < -0.3 is 10.3 Å². The van der Waals surface area contributed by atoms with Crippen molar-refractivity contribution < 1.29 is 9.59 Å². The number of rotatable bonds is 7. The van der Waals surface area contributed by atoms with E-state index in [2.05, 4.69) is 15.4 Å². The van der Waals surface area contributed by atoms with Gasteiger partial charge in [-0.15, -0.1) is 0 Å². The van der Waals surface area contributed by atoms with Crippen molar-refractivity contribution >= 4 is 17.4 Å². The molecule has 0 saturated heterocycles. The van der Waals surface area contributed by atoms with E-state index >= 15 is 0 Å². The summed E-state index contributed by atoms with van der Waals surface area (Å²) >= 11 is 0. The van der Waals surface area contributed by atoms with Crippen LogP contribution in [-0.2, 0) is 0 Å². The second-order valence-electron chi connectivity index (χ2n) is 9.43. The molecule has 0 radical (unpaired) electrons. The molecular weight excluding hydrogens is 496 g/mol. The van der Waals surface area contributed by atoms with Crippen molar-refractivity contribution in [1.82, 2.24) is 14.8 Å². The van der Waals surface area contributed by atoms with Crippen LogP contribution in [0.3, 0.4) is 0 Å². The zero-order chi connectivity index (χ0) is 27.5. The number of nitrogens with zero attached hydrogens (tertiary/aromatic N) is 2. The van der Waals surface area contributed by atoms with E-state index in [-0.39, 0.29) is 17.0 Å². The maximum Gasteiger partial charge on any atom is 0.276 e. The Bertz CT molecular complexity index is 1790. The van der Waals surface area contributed by atoms with Crippen molar-refractivity contribution in [2.24, 2.45) is 0 Å². The maximum absolute atomic E-state index is 14.5. The molecule has 0 aliphatic rings. The third-order valence-electron chi connectivity index (χ3n) is 6.77. The lowest BCUT2D eigenvalue weighted by Gasteiger charge is -2.09. The van der Waals surface area contributed by atoms with Gasteiger partial charge in [-0.05, 0) is 42.3 Å². The number of H-pyrrole nitrogens is 1. The second-order valence-corrected chi connectivity index (χ2v) is 9.43. The van der Waals surface area contributed by atoms with Crippen molar-refractivity contribution in [3.63, 3.8) is 0 Å². The molecule has 0 bridgehead atoms. The predicted molar refractivity (Wildman–Crippen MR) is 158 cm³/mol. The zero-order valence-corrected chi connectivity index (χ0v) is 21.8. The van der Waals surface area contributed by atoms with E-state index in [1.165, 1.54) is 0 Å². The molecular formula is C34H26N4O2. The maximum atomic E-state index is 14.5. The fourth-order valence-electron chi connectivity index (χ4n) is 4.89. The van der Waals surface area contributed by atoms with E-state index < -0.39 is 5.91 Å². The van der Waals surface area contributed by atoms with Gasteiger partial charge in [0, 0.05) is 23.1 Å². The summed E-state index contributed by atoms with van der Waals surface area (Å²) in [5, 5.41) is 7.48. The Morgan fingerprint density at radius 3 is 1.90 bits per heavy atom. The Kier molecular flexibility index (Phi) is 6.65. The van der Waals surface area contributed by atoms with E-state index in [4.69, 9.17) is 0 Å². The Morgan fingerprint density at radius 2 is 1.27 bits per heavy atom. The van der Waals surface area contributed by atoms with Gasteiger partial charge in [0.15, 0.2) is 11.5 Å². The Hall–Kier alpha value is -5.49. The minimum absolute atomic E-state index is 0.0542. The monoisotopic (exact) mass is 522 g/mol. The van der Waals surface area contributed by atoms with Gasteiger partial charge >= 0.3 is 0 Å². The van der Waals surface area contributed by atoms with Crippen LogP contribution in [-0.4, -0.2) is 26.5 Å². The molecule has 194 valence electrons. The molecule has 0 atom stereocenters. The van der Waals surface area contributed by atoms with Crippen molar-refractivity contribution in [1.29, 1.82) is 0 Å². The first-order valence-electron chi connectivity index (χ1n) is 13.0. The molecule has 6 nitrogen and oxygen atoms in total. The first-order valence-corrected chi connectivity index (χ1v) is 13.0. The van der Waals surface area contributed by atoms with Crippen LogP contribution in [0.1, 0.15) is 32.1 Å². The van der Waals surface area contributed by atoms with Gasteiger partial charge in [0.1, 0.15) is 0 Å². The molecule has 6 rings (SSSR count). The van der Waals surface area contributed by atoms with Gasteiger partial charge in [-0.2, -0.15) is 5.10 Å². The number of aromatic nitrogens is 3. The Balaban J connectivity index is 1.52. The summed E-state index contributed by atoms with van der Waals surface area (Å²) in [7, 11) is 0. The number of carbonyl (C=O) groups is 2. The number of carbonyl (C=O) groups excluding carboxylic acids is 2. The second kappa shape index (κ2) is 10.7. The first kappa shape index (κ1) is 24.8. The lowest BCUT2D eigenvalue weighted by atomic mass is 9.92. The summed E-state index contributed by atoms with van der Waals surface area (Å²) in [6.07, 6.45) is 1.64. The third-order valence-corrected chi connectivity index (χ3v) is 6.77. The van der Waals surface area contributed by atoms with Crippen LogP contribution >= 0.6 is 0 Å². The van der Waals surface area contributed by atoms with Crippen LogP contribution in [0.2, 0.25) is 0 Å². The Morgan fingerprint density at radius 1 is 0.725 bits per heavy atom. The molecule has 6 aromatic rings. The van der Waals surface area contributed by atoms with Crippen molar-refractivity contribution in [3.05, 3.63) is 150 Å². The molecule has 0 unspecified atom stereocenters. The van der Waals surface area contributed by atoms with E-state index in [0.29, 0.717) is 16.9 Å². The summed E-state index contributed by atoms with van der Waals surface area (Å²) in [6.45, 7) is 1.89. The molecule has 0 fully saturated rings. The van der Waals surface area contributed by atoms with Crippen molar-refractivity contribution in [2.75, 3.05) is 5.32 Å². The molecule has 0 aliphatic heterocycles. The zero-order valence-electron chi connectivity index (χ0n) is 21.8. The van der Waals surface area contributed by atoms with Crippen LogP contribution in [0.5, 0.6) is 0 Å². The van der Waals surface area contributed by atoms with Crippen molar-refractivity contribution in [2.45, 2.75) is 6.92 Å². The predicted octanol–water partition coefficient (Wildman–Crippen LogP) is 7.33. The molecule has 6 heteroatoms. The summed E-state index contributed by atoms with van der Waals surface area (Å²) < 4.78 is 1.58. The number of nitrogens with one attached hydrogen (secondary N) is 2. The molecule has 0 aliphatic carbocycles. The average molecular weight is 523 g/mol. The first-order chi connectivity index (χ1) is 19.6. The summed E-state index contributed by atoms with van der Waals surface area (Å²) in [5.41, 5.74) is 6.36. The van der Waals surface area contributed by atoms with E-state index in [1.54, 1.807) is 23.0 Å². The number of aromatic amines is 1. The molecule has 1 amide bonds. The minimum Gasteiger partial charge on any atom is -0.357 e. The van der Waals surface area contributed by atoms with Gasteiger partial charge in [0.05, 0.1) is 22.5 Å². The lowest BCUT2D eigenvalue weighted by Crippen LogP contribution is -2.17. The van der Waals surface area contributed by atoms with E-state index in [9.17, 15) is 9.59 Å². The number of para-hydroxylation sites is 2. The molecule has 0 saturated carbocycles. The smallest absolute Gasteiger partial charge is 0.276 e. The lowest BCUT2D eigenvalue weighted by molar-refractivity contribution is 0.0993. The van der Waals surface area contributed by atoms with Gasteiger partial charge in [0.2, 0.25) is 0 Å². The highest BCUT2D eigenvalue weighted by Crippen LogP contribution is 2.38. The average Bonchev–Trinajstić information content (AvgIpc) is 3.61. The van der Waals surface area contributed by atoms with Crippen LogP contribution < -0.4 is 5.32 Å². The topological polar surface area (TPSA) is 79.8 Å². The number of anilines is 1. The molecule has 2 aromatic heterocycles. The van der Waals surface area contributed by atoms with Gasteiger partial charge in [-0.25, -0.2) is 4.68 Å². The third kappa shape index (κ3) is 4.74. The molecule has 40 heavy (non-hydrogen) atoms. The van der Waals surface area contributed by atoms with Crippen LogP contribution in [0.15, 0.2) is 128 Å². The quantitative estimate of drug-likeness (QED) is 0.216. The molecule has 0 spiro atoms. The number of ketones is 1.